The number of fused-ring (bicyclic) bond motifs is 1. The van der Waals surface area contributed by atoms with Crippen molar-refractivity contribution in [3.63, 3.8) is 0 Å². The van der Waals surface area contributed by atoms with Crippen LogP contribution in [0.5, 0.6) is 0 Å². The predicted molar refractivity (Wildman–Crippen MR) is 99.0 cm³/mol. The first-order chi connectivity index (χ1) is 13.2. The SMILES string of the molecule is O=c1ccc(-c2ccncc2)nn1CC1CN(Cc2nc3c(o2)CCC3)C1. The Morgan fingerprint density at radius 1 is 1.11 bits per heavy atom. The number of hydrogen-bond donors (Lipinski definition) is 0. The summed E-state index contributed by atoms with van der Waals surface area (Å²) < 4.78 is 7.43. The Bertz CT molecular complexity index is 983. The van der Waals surface area contributed by atoms with Gasteiger partial charge in [0.05, 0.1) is 24.5 Å². The fourth-order valence-corrected chi connectivity index (χ4v) is 3.93. The Morgan fingerprint density at radius 2 is 1.96 bits per heavy atom. The minimum absolute atomic E-state index is 0.0598. The average molecular weight is 363 g/mol. The van der Waals surface area contributed by atoms with Crippen LogP contribution in [0.2, 0.25) is 0 Å². The summed E-state index contributed by atoms with van der Waals surface area (Å²) >= 11 is 0. The van der Waals surface area contributed by atoms with Crippen molar-refractivity contribution in [2.45, 2.75) is 32.4 Å². The molecule has 1 fully saturated rings. The van der Waals surface area contributed by atoms with Gasteiger partial charge in [0.1, 0.15) is 5.76 Å². The molecule has 5 rings (SSSR count). The molecule has 0 aromatic carbocycles. The number of rotatable bonds is 5. The fraction of sp³-hybridized carbons (Fsp3) is 0.400. The minimum Gasteiger partial charge on any atom is -0.444 e. The molecule has 0 bridgehead atoms. The molecule has 1 aliphatic heterocycles. The molecule has 2 aliphatic rings. The van der Waals surface area contributed by atoms with Crippen molar-refractivity contribution in [2.24, 2.45) is 5.92 Å². The Kier molecular flexibility index (Phi) is 4.09. The lowest BCUT2D eigenvalue weighted by Gasteiger charge is -2.38. The summed E-state index contributed by atoms with van der Waals surface area (Å²) in [5, 5.41) is 4.53. The Hall–Kier alpha value is -2.80. The summed E-state index contributed by atoms with van der Waals surface area (Å²) in [6.45, 7) is 3.25. The van der Waals surface area contributed by atoms with Crippen molar-refractivity contribution < 1.29 is 4.42 Å². The Balaban J connectivity index is 1.21. The number of oxazole rings is 1. The highest BCUT2D eigenvalue weighted by Crippen LogP contribution is 2.25. The zero-order valence-electron chi connectivity index (χ0n) is 15.0. The van der Waals surface area contributed by atoms with Gasteiger partial charge >= 0.3 is 0 Å². The van der Waals surface area contributed by atoms with E-state index in [0.29, 0.717) is 12.5 Å². The first-order valence-electron chi connectivity index (χ1n) is 9.43. The lowest BCUT2D eigenvalue weighted by molar-refractivity contribution is 0.0677. The van der Waals surface area contributed by atoms with Crippen molar-refractivity contribution in [3.05, 3.63) is 64.4 Å². The summed E-state index contributed by atoms with van der Waals surface area (Å²) in [7, 11) is 0. The fourth-order valence-electron chi connectivity index (χ4n) is 3.93. The molecule has 3 aromatic heterocycles. The lowest BCUT2D eigenvalue weighted by atomic mass is 10.0. The maximum atomic E-state index is 12.2. The third-order valence-electron chi connectivity index (χ3n) is 5.31. The van der Waals surface area contributed by atoms with Gasteiger partial charge in [-0.25, -0.2) is 9.67 Å². The largest absolute Gasteiger partial charge is 0.444 e. The van der Waals surface area contributed by atoms with Crippen LogP contribution >= 0.6 is 0 Å². The Labute approximate surface area is 156 Å². The molecule has 1 aliphatic carbocycles. The zero-order chi connectivity index (χ0) is 18.2. The normalized spacial score (nSPS) is 17.0. The second-order valence-corrected chi connectivity index (χ2v) is 7.37. The molecule has 0 amide bonds. The molecule has 0 atom stereocenters. The van der Waals surface area contributed by atoms with E-state index in [2.05, 4.69) is 20.0 Å². The molecule has 27 heavy (non-hydrogen) atoms. The molecular formula is C20H21N5O2. The van der Waals surface area contributed by atoms with Gasteiger partial charge in [-0.05, 0) is 31.0 Å². The van der Waals surface area contributed by atoms with Gasteiger partial charge in [-0.15, -0.1) is 0 Å². The van der Waals surface area contributed by atoms with Gasteiger partial charge in [0.25, 0.3) is 5.56 Å². The molecule has 138 valence electrons. The third-order valence-corrected chi connectivity index (χ3v) is 5.31. The molecule has 0 spiro atoms. The van der Waals surface area contributed by atoms with Crippen molar-refractivity contribution in [1.82, 2.24) is 24.6 Å². The van der Waals surface area contributed by atoms with E-state index in [0.717, 1.165) is 67.5 Å². The van der Waals surface area contributed by atoms with Crippen LogP contribution in [0.3, 0.4) is 0 Å². The number of aryl methyl sites for hydroxylation is 2. The van der Waals surface area contributed by atoms with E-state index in [1.54, 1.807) is 29.2 Å². The van der Waals surface area contributed by atoms with Gasteiger partial charge in [0, 0.05) is 49.5 Å². The van der Waals surface area contributed by atoms with Gasteiger partial charge in [-0.3, -0.25) is 14.7 Å². The smallest absolute Gasteiger partial charge is 0.266 e. The number of nitrogens with zero attached hydrogens (tertiary/aromatic N) is 5. The van der Waals surface area contributed by atoms with Crippen LogP contribution in [0.15, 0.2) is 45.9 Å². The first-order valence-corrected chi connectivity index (χ1v) is 9.43. The highest BCUT2D eigenvalue weighted by Gasteiger charge is 2.29. The molecule has 0 radical (unpaired) electrons. The van der Waals surface area contributed by atoms with E-state index in [1.165, 1.54) is 0 Å². The van der Waals surface area contributed by atoms with Crippen molar-refractivity contribution >= 4 is 0 Å². The molecule has 0 unspecified atom stereocenters. The van der Waals surface area contributed by atoms with Gasteiger partial charge < -0.3 is 4.42 Å². The zero-order valence-corrected chi connectivity index (χ0v) is 15.0. The average Bonchev–Trinajstić information content (AvgIpc) is 3.24. The molecule has 0 saturated carbocycles. The van der Waals surface area contributed by atoms with E-state index >= 15 is 0 Å². The number of likely N-dealkylation sites (tertiary alicyclic amines) is 1. The summed E-state index contributed by atoms with van der Waals surface area (Å²) in [5.41, 5.74) is 2.84. The maximum Gasteiger partial charge on any atom is 0.266 e. The first kappa shape index (κ1) is 16.4. The van der Waals surface area contributed by atoms with Crippen LogP contribution in [0, 0.1) is 5.92 Å². The van der Waals surface area contributed by atoms with E-state index in [4.69, 9.17) is 4.42 Å². The van der Waals surface area contributed by atoms with Gasteiger partial charge in [-0.2, -0.15) is 5.10 Å². The van der Waals surface area contributed by atoms with Crippen LogP contribution in [0.25, 0.3) is 11.3 Å². The monoisotopic (exact) mass is 363 g/mol. The summed E-state index contributed by atoms with van der Waals surface area (Å²) in [6.07, 6.45) is 6.69. The second-order valence-electron chi connectivity index (χ2n) is 7.37. The standard InChI is InChI=1S/C20H21N5O2/c26-20-5-4-16(15-6-8-21-9-7-15)23-25(20)12-14-10-24(11-14)13-19-22-17-2-1-3-18(17)27-19/h4-9,14H,1-3,10-13H2. The number of aromatic nitrogens is 4. The predicted octanol–water partition coefficient (Wildman–Crippen LogP) is 1.91. The van der Waals surface area contributed by atoms with E-state index in [1.807, 2.05) is 12.1 Å². The van der Waals surface area contributed by atoms with Crippen LogP contribution in [-0.2, 0) is 25.9 Å². The van der Waals surface area contributed by atoms with Crippen molar-refractivity contribution in [1.29, 1.82) is 0 Å². The lowest BCUT2D eigenvalue weighted by Crippen LogP contribution is -2.48. The summed E-state index contributed by atoms with van der Waals surface area (Å²) in [4.78, 5) is 23.1. The molecule has 0 N–H and O–H groups in total. The van der Waals surface area contributed by atoms with Crippen LogP contribution in [0.1, 0.15) is 23.8 Å². The highest BCUT2D eigenvalue weighted by molar-refractivity contribution is 5.56. The summed E-state index contributed by atoms with van der Waals surface area (Å²) in [5.74, 6) is 2.32. The van der Waals surface area contributed by atoms with E-state index < -0.39 is 0 Å². The van der Waals surface area contributed by atoms with E-state index in [-0.39, 0.29) is 5.56 Å². The van der Waals surface area contributed by atoms with Crippen molar-refractivity contribution in [2.75, 3.05) is 13.1 Å². The number of pyridine rings is 1. The second kappa shape index (κ2) is 6.74. The van der Waals surface area contributed by atoms with Crippen LogP contribution < -0.4 is 5.56 Å². The van der Waals surface area contributed by atoms with Gasteiger partial charge in [-0.1, -0.05) is 0 Å². The third kappa shape index (κ3) is 3.30. The molecule has 7 nitrogen and oxygen atoms in total. The molecular weight excluding hydrogens is 342 g/mol. The highest BCUT2D eigenvalue weighted by atomic mass is 16.4. The molecule has 3 aromatic rings. The topological polar surface area (TPSA) is 77.1 Å². The quantitative estimate of drug-likeness (QED) is 0.689. The van der Waals surface area contributed by atoms with Crippen molar-refractivity contribution in [3.8, 4) is 11.3 Å². The Morgan fingerprint density at radius 3 is 2.78 bits per heavy atom. The van der Waals surface area contributed by atoms with Crippen LogP contribution in [-0.4, -0.2) is 37.7 Å². The van der Waals surface area contributed by atoms with Gasteiger partial charge in [0.2, 0.25) is 5.89 Å². The van der Waals surface area contributed by atoms with E-state index in [9.17, 15) is 4.79 Å². The number of hydrogen-bond acceptors (Lipinski definition) is 6. The molecule has 1 saturated heterocycles. The molecule has 4 heterocycles. The molecule has 7 heteroatoms. The summed E-state index contributed by atoms with van der Waals surface area (Å²) in [6, 6.07) is 7.16. The van der Waals surface area contributed by atoms with Crippen LogP contribution in [0.4, 0.5) is 0 Å². The maximum absolute atomic E-state index is 12.2. The van der Waals surface area contributed by atoms with Gasteiger partial charge in [0.15, 0.2) is 0 Å². The minimum atomic E-state index is -0.0598.